The number of anilines is 1. The fourth-order valence-electron chi connectivity index (χ4n) is 2.66. The highest BCUT2D eigenvalue weighted by molar-refractivity contribution is 8.15. The van der Waals surface area contributed by atoms with Crippen LogP contribution in [-0.4, -0.2) is 54.4 Å². The van der Waals surface area contributed by atoms with Gasteiger partial charge in [0.2, 0.25) is 11.8 Å². The highest BCUT2D eigenvalue weighted by atomic mass is 32.2. The van der Waals surface area contributed by atoms with Crippen molar-refractivity contribution >= 4 is 34.4 Å². The molecule has 1 fully saturated rings. The average Bonchev–Trinajstić information content (AvgIpc) is 2.91. The number of hydrogen-bond acceptors (Lipinski definition) is 6. The van der Waals surface area contributed by atoms with Gasteiger partial charge in [0.25, 0.3) is 0 Å². The predicted molar refractivity (Wildman–Crippen MR) is 92.8 cm³/mol. The van der Waals surface area contributed by atoms with E-state index in [4.69, 9.17) is 9.47 Å². The zero-order valence-electron chi connectivity index (χ0n) is 13.6. The Bertz CT molecular complexity index is 692. The molecular weight excluding hydrogens is 330 g/mol. The summed E-state index contributed by atoms with van der Waals surface area (Å²) in [6.07, 6.45) is 0.994. The van der Waals surface area contributed by atoms with E-state index < -0.39 is 5.25 Å². The van der Waals surface area contributed by atoms with Gasteiger partial charge in [-0.05, 0) is 18.6 Å². The van der Waals surface area contributed by atoms with Crippen LogP contribution in [0.4, 0.5) is 5.69 Å². The van der Waals surface area contributed by atoms with Crippen LogP contribution in [0.2, 0.25) is 0 Å². The molecule has 8 heteroatoms. The number of hydrogen-bond donors (Lipinski definition) is 1. The van der Waals surface area contributed by atoms with Gasteiger partial charge in [0, 0.05) is 31.3 Å². The molecule has 1 unspecified atom stereocenters. The van der Waals surface area contributed by atoms with Crippen molar-refractivity contribution in [2.24, 2.45) is 4.99 Å². The summed E-state index contributed by atoms with van der Waals surface area (Å²) >= 11 is 1.38. The number of benzene rings is 1. The Hall–Kier alpha value is -2.22. The number of aliphatic imine (C=N–C) groups is 1. The number of ether oxygens (including phenoxy) is 2. The molecule has 2 amide bonds. The molecule has 2 aliphatic rings. The van der Waals surface area contributed by atoms with Crippen LogP contribution < -0.4 is 14.8 Å². The van der Waals surface area contributed by atoms with E-state index in [0.717, 1.165) is 18.1 Å². The molecule has 1 N–H and O–H groups in total. The molecule has 0 radical (unpaired) electrons. The number of nitrogens with one attached hydrogen (secondary N) is 1. The Balaban J connectivity index is 1.63. The summed E-state index contributed by atoms with van der Waals surface area (Å²) in [5, 5.41) is 3.14. The molecule has 1 saturated heterocycles. The van der Waals surface area contributed by atoms with Gasteiger partial charge < -0.3 is 14.8 Å². The molecule has 1 aromatic rings. The first-order valence-corrected chi connectivity index (χ1v) is 8.54. The lowest BCUT2D eigenvalue weighted by Crippen LogP contribution is -2.36. The van der Waals surface area contributed by atoms with Crippen LogP contribution in [0.5, 0.6) is 11.5 Å². The molecule has 0 bridgehead atoms. The molecule has 0 aromatic heterocycles. The smallest absolute Gasteiger partial charge is 0.242 e. The minimum atomic E-state index is -0.401. The summed E-state index contributed by atoms with van der Waals surface area (Å²) in [4.78, 5) is 30.6. The van der Waals surface area contributed by atoms with Gasteiger partial charge >= 0.3 is 0 Å². The summed E-state index contributed by atoms with van der Waals surface area (Å²) in [7, 11) is 3.09. The summed E-state index contributed by atoms with van der Waals surface area (Å²) in [5.74, 6) is 0.884. The van der Waals surface area contributed by atoms with Crippen molar-refractivity contribution in [1.29, 1.82) is 0 Å². The molecular formula is C16H19N3O4S. The molecule has 1 atom stereocenters. The normalized spacial score (nSPS) is 19.6. The van der Waals surface area contributed by atoms with Crippen LogP contribution in [0.1, 0.15) is 12.8 Å². The van der Waals surface area contributed by atoms with Crippen molar-refractivity contribution in [3.8, 4) is 11.5 Å². The maximum absolute atomic E-state index is 12.3. The zero-order chi connectivity index (χ0) is 17.1. The minimum absolute atomic E-state index is 0.0269. The van der Waals surface area contributed by atoms with Gasteiger partial charge in [0.1, 0.15) is 5.25 Å². The van der Waals surface area contributed by atoms with E-state index in [1.165, 1.54) is 18.9 Å². The molecule has 128 valence electrons. The molecule has 7 nitrogen and oxygen atoms in total. The van der Waals surface area contributed by atoms with Gasteiger partial charge in [0.15, 0.2) is 16.7 Å². The molecule has 2 heterocycles. The van der Waals surface area contributed by atoms with Crippen LogP contribution >= 0.6 is 11.8 Å². The van der Waals surface area contributed by atoms with E-state index in [1.807, 2.05) is 0 Å². The highest BCUT2D eigenvalue weighted by Crippen LogP contribution is 2.32. The van der Waals surface area contributed by atoms with Crippen LogP contribution in [0.3, 0.4) is 0 Å². The topological polar surface area (TPSA) is 80.2 Å². The van der Waals surface area contributed by atoms with E-state index in [2.05, 4.69) is 10.3 Å². The molecule has 0 saturated carbocycles. The van der Waals surface area contributed by atoms with Gasteiger partial charge in [0.05, 0.1) is 14.2 Å². The first-order chi connectivity index (χ1) is 11.6. The molecule has 0 spiro atoms. The fourth-order valence-corrected chi connectivity index (χ4v) is 3.86. The molecule has 0 aliphatic carbocycles. The predicted octanol–water partition coefficient (Wildman–Crippen LogP) is 1.74. The number of thioether (sulfide) groups is 1. The zero-order valence-corrected chi connectivity index (χ0v) is 14.4. The second kappa shape index (κ2) is 7.12. The molecule has 24 heavy (non-hydrogen) atoms. The molecule has 2 aliphatic heterocycles. The SMILES string of the molecule is COc1ccc(NC(=O)CC2SC3=NCCCN3C2=O)cc1OC. The lowest BCUT2D eigenvalue weighted by molar-refractivity contribution is -0.128. The molecule has 1 aromatic carbocycles. The third kappa shape index (κ3) is 3.33. The van der Waals surface area contributed by atoms with Crippen LogP contribution in [-0.2, 0) is 9.59 Å². The second-order valence-corrected chi connectivity index (χ2v) is 6.61. The third-order valence-electron chi connectivity index (χ3n) is 3.85. The van der Waals surface area contributed by atoms with Gasteiger partial charge in [-0.25, -0.2) is 0 Å². The lowest BCUT2D eigenvalue weighted by atomic mass is 10.2. The Morgan fingerprint density at radius 1 is 1.38 bits per heavy atom. The van der Waals surface area contributed by atoms with Crippen LogP contribution in [0, 0.1) is 0 Å². The monoisotopic (exact) mass is 349 g/mol. The standard InChI is InChI=1S/C16H19N3O4S/c1-22-11-5-4-10(8-12(11)23-2)18-14(20)9-13-15(21)19-7-3-6-17-16(19)24-13/h4-5,8,13H,3,6-7,9H2,1-2H3,(H,18,20). The van der Waals surface area contributed by atoms with E-state index >= 15 is 0 Å². The summed E-state index contributed by atoms with van der Waals surface area (Å²) in [6, 6.07) is 5.14. The largest absolute Gasteiger partial charge is 0.493 e. The average molecular weight is 349 g/mol. The van der Waals surface area contributed by atoms with Crippen molar-refractivity contribution in [1.82, 2.24) is 4.90 Å². The van der Waals surface area contributed by atoms with Crippen molar-refractivity contribution in [3.05, 3.63) is 18.2 Å². The Morgan fingerprint density at radius 3 is 2.88 bits per heavy atom. The summed E-state index contributed by atoms with van der Waals surface area (Å²) in [6.45, 7) is 1.44. The number of amides is 2. The Morgan fingerprint density at radius 2 is 2.17 bits per heavy atom. The first-order valence-electron chi connectivity index (χ1n) is 7.66. The second-order valence-electron chi connectivity index (χ2n) is 5.44. The van der Waals surface area contributed by atoms with Gasteiger partial charge in [-0.3, -0.25) is 19.5 Å². The van der Waals surface area contributed by atoms with Crippen LogP contribution in [0.25, 0.3) is 0 Å². The maximum atomic E-state index is 12.3. The van der Waals surface area contributed by atoms with Gasteiger partial charge in [-0.1, -0.05) is 11.8 Å². The number of fused-ring (bicyclic) bond motifs is 1. The lowest BCUT2D eigenvalue weighted by Gasteiger charge is -2.19. The maximum Gasteiger partial charge on any atom is 0.242 e. The highest BCUT2D eigenvalue weighted by Gasteiger charge is 2.39. The van der Waals surface area contributed by atoms with Crippen molar-refractivity contribution in [3.63, 3.8) is 0 Å². The fraction of sp³-hybridized carbons (Fsp3) is 0.438. The summed E-state index contributed by atoms with van der Waals surface area (Å²) < 4.78 is 10.4. The number of amidine groups is 1. The Labute approximate surface area is 144 Å². The molecule has 3 rings (SSSR count). The number of nitrogens with zero attached hydrogens (tertiary/aromatic N) is 2. The van der Waals surface area contributed by atoms with Crippen molar-refractivity contribution in [2.45, 2.75) is 18.1 Å². The van der Waals surface area contributed by atoms with Gasteiger partial charge in [-0.15, -0.1) is 0 Å². The quantitative estimate of drug-likeness (QED) is 0.876. The number of methoxy groups -OCH3 is 2. The van der Waals surface area contributed by atoms with E-state index in [9.17, 15) is 9.59 Å². The van der Waals surface area contributed by atoms with E-state index in [-0.39, 0.29) is 18.2 Å². The van der Waals surface area contributed by atoms with Gasteiger partial charge in [-0.2, -0.15) is 0 Å². The number of carbonyl (C=O) groups excluding carboxylic acids is 2. The first kappa shape index (κ1) is 16.6. The van der Waals surface area contributed by atoms with E-state index in [0.29, 0.717) is 23.7 Å². The van der Waals surface area contributed by atoms with Crippen molar-refractivity contribution < 1.29 is 19.1 Å². The van der Waals surface area contributed by atoms with E-state index in [1.54, 1.807) is 30.2 Å². The Kier molecular flexibility index (Phi) is 4.94. The minimum Gasteiger partial charge on any atom is -0.493 e. The third-order valence-corrected chi connectivity index (χ3v) is 5.06. The number of carbonyl (C=O) groups is 2. The van der Waals surface area contributed by atoms with Crippen LogP contribution in [0.15, 0.2) is 23.2 Å². The van der Waals surface area contributed by atoms with Crippen molar-refractivity contribution in [2.75, 3.05) is 32.6 Å². The number of rotatable bonds is 5. The summed E-state index contributed by atoms with van der Waals surface area (Å²) in [5.41, 5.74) is 0.600.